The second-order valence-corrected chi connectivity index (χ2v) is 6.84. The number of rotatable bonds is 5. The number of carbonyl (C=O) groups excluding carboxylic acids is 1. The first-order valence-corrected chi connectivity index (χ1v) is 7.81. The van der Waals surface area contributed by atoms with Crippen LogP contribution in [-0.2, 0) is 0 Å². The van der Waals surface area contributed by atoms with E-state index in [1.54, 1.807) is 0 Å². The fourth-order valence-electron chi connectivity index (χ4n) is 1.93. The van der Waals surface area contributed by atoms with E-state index in [9.17, 15) is 4.79 Å². The van der Waals surface area contributed by atoms with Gasteiger partial charge in [-0.25, -0.2) is 0 Å². The SMILES string of the molecule is CCN(CC(=O)c1ccc(Br)s1)c1cccc(C)c1. The number of carbonyl (C=O) groups is 1. The van der Waals surface area contributed by atoms with Crippen molar-refractivity contribution >= 4 is 38.7 Å². The van der Waals surface area contributed by atoms with Crippen LogP contribution in [0.15, 0.2) is 40.2 Å². The van der Waals surface area contributed by atoms with Crippen molar-refractivity contribution < 1.29 is 4.79 Å². The summed E-state index contributed by atoms with van der Waals surface area (Å²) < 4.78 is 0.995. The van der Waals surface area contributed by atoms with Gasteiger partial charge in [0.15, 0.2) is 5.78 Å². The summed E-state index contributed by atoms with van der Waals surface area (Å²) in [6.07, 6.45) is 0. The van der Waals surface area contributed by atoms with Crippen molar-refractivity contribution in [2.45, 2.75) is 13.8 Å². The molecule has 0 saturated carbocycles. The van der Waals surface area contributed by atoms with Crippen LogP contribution < -0.4 is 4.90 Å². The third-order valence-corrected chi connectivity index (χ3v) is 4.60. The van der Waals surface area contributed by atoms with Crippen LogP contribution in [-0.4, -0.2) is 18.9 Å². The average Bonchev–Trinajstić information content (AvgIpc) is 2.82. The normalized spacial score (nSPS) is 10.5. The first-order chi connectivity index (χ1) is 9.10. The molecule has 0 atom stereocenters. The van der Waals surface area contributed by atoms with Crippen molar-refractivity contribution in [1.82, 2.24) is 0 Å². The third kappa shape index (κ3) is 3.67. The van der Waals surface area contributed by atoms with Crippen LogP contribution in [0.3, 0.4) is 0 Å². The highest BCUT2D eigenvalue weighted by Gasteiger charge is 2.13. The van der Waals surface area contributed by atoms with E-state index in [-0.39, 0.29) is 5.78 Å². The van der Waals surface area contributed by atoms with Gasteiger partial charge >= 0.3 is 0 Å². The van der Waals surface area contributed by atoms with E-state index in [1.165, 1.54) is 16.9 Å². The fraction of sp³-hybridized carbons (Fsp3) is 0.267. The van der Waals surface area contributed by atoms with Gasteiger partial charge in [-0.3, -0.25) is 4.79 Å². The lowest BCUT2D eigenvalue weighted by Gasteiger charge is -2.22. The monoisotopic (exact) mass is 337 g/mol. The van der Waals surface area contributed by atoms with E-state index in [1.807, 2.05) is 24.3 Å². The van der Waals surface area contributed by atoms with E-state index in [2.05, 4.69) is 46.8 Å². The predicted octanol–water partition coefficient (Wildman–Crippen LogP) is 4.53. The Kier molecular flexibility index (Phi) is 4.77. The quantitative estimate of drug-likeness (QED) is 0.747. The van der Waals surface area contributed by atoms with E-state index < -0.39 is 0 Å². The van der Waals surface area contributed by atoms with Gasteiger partial charge in [-0.15, -0.1) is 11.3 Å². The predicted molar refractivity (Wildman–Crippen MR) is 85.4 cm³/mol. The summed E-state index contributed by atoms with van der Waals surface area (Å²) in [7, 11) is 0. The Bertz CT molecular complexity index is 579. The number of hydrogen-bond acceptors (Lipinski definition) is 3. The number of hydrogen-bond donors (Lipinski definition) is 0. The molecular formula is C15H16BrNOS. The Morgan fingerprint density at radius 2 is 2.11 bits per heavy atom. The zero-order chi connectivity index (χ0) is 13.8. The molecule has 1 aromatic carbocycles. The van der Waals surface area contributed by atoms with Crippen LogP contribution in [0.4, 0.5) is 5.69 Å². The van der Waals surface area contributed by atoms with Gasteiger partial charge in [-0.1, -0.05) is 12.1 Å². The number of anilines is 1. The highest BCUT2D eigenvalue weighted by atomic mass is 79.9. The number of Topliss-reactive ketones (excluding diaryl/α,β-unsaturated/α-hetero) is 1. The zero-order valence-electron chi connectivity index (χ0n) is 11.0. The molecule has 2 aromatic rings. The minimum absolute atomic E-state index is 0.166. The number of ketones is 1. The third-order valence-electron chi connectivity index (χ3n) is 2.93. The van der Waals surface area contributed by atoms with Crippen LogP contribution in [0.5, 0.6) is 0 Å². The van der Waals surface area contributed by atoms with Crippen molar-refractivity contribution in [3.8, 4) is 0 Å². The molecule has 100 valence electrons. The van der Waals surface area contributed by atoms with Gasteiger partial charge in [0.1, 0.15) is 0 Å². The first-order valence-electron chi connectivity index (χ1n) is 6.20. The molecule has 0 saturated heterocycles. The molecule has 4 heteroatoms. The Hall–Kier alpha value is -1.13. The second-order valence-electron chi connectivity index (χ2n) is 4.38. The molecule has 0 N–H and O–H groups in total. The molecule has 1 aromatic heterocycles. The molecule has 0 fully saturated rings. The summed E-state index contributed by atoms with van der Waals surface area (Å²) in [4.78, 5) is 15.1. The van der Waals surface area contributed by atoms with Crippen LogP contribution in [0.1, 0.15) is 22.2 Å². The minimum atomic E-state index is 0.166. The van der Waals surface area contributed by atoms with Crippen LogP contribution in [0.2, 0.25) is 0 Å². The van der Waals surface area contributed by atoms with Crippen molar-refractivity contribution in [3.05, 3.63) is 50.6 Å². The maximum atomic E-state index is 12.2. The van der Waals surface area contributed by atoms with Crippen LogP contribution in [0, 0.1) is 6.92 Å². The molecule has 0 bridgehead atoms. The Morgan fingerprint density at radius 1 is 1.32 bits per heavy atom. The summed E-state index contributed by atoms with van der Waals surface area (Å²) in [5, 5.41) is 0. The molecule has 2 nitrogen and oxygen atoms in total. The fourth-order valence-corrected chi connectivity index (χ4v) is 3.24. The molecular weight excluding hydrogens is 322 g/mol. The molecule has 0 aliphatic rings. The van der Waals surface area contributed by atoms with Crippen molar-refractivity contribution in [1.29, 1.82) is 0 Å². The summed E-state index contributed by atoms with van der Waals surface area (Å²) >= 11 is 4.88. The van der Waals surface area contributed by atoms with E-state index in [0.717, 1.165) is 20.9 Å². The molecule has 0 amide bonds. The topological polar surface area (TPSA) is 20.3 Å². The molecule has 0 radical (unpaired) electrons. The number of benzene rings is 1. The van der Waals surface area contributed by atoms with Gasteiger partial charge in [-0.2, -0.15) is 0 Å². The Labute approximate surface area is 126 Å². The molecule has 0 unspecified atom stereocenters. The number of likely N-dealkylation sites (N-methyl/N-ethyl adjacent to an activating group) is 1. The van der Waals surface area contributed by atoms with Crippen LogP contribution in [0.25, 0.3) is 0 Å². The Balaban J connectivity index is 2.13. The van der Waals surface area contributed by atoms with Gasteiger partial charge in [-0.05, 0) is 59.6 Å². The number of thiophene rings is 1. The van der Waals surface area contributed by atoms with Gasteiger partial charge in [0.25, 0.3) is 0 Å². The summed E-state index contributed by atoms with van der Waals surface area (Å²) in [6, 6.07) is 12.0. The number of halogens is 1. The first kappa shape index (κ1) is 14.3. The van der Waals surface area contributed by atoms with Crippen LogP contribution >= 0.6 is 27.3 Å². The maximum absolute atomic E-state index is 12.2. The van der Waals surface area contributed by atoms with Gasteiger partial charge in [0, 0.05) is 12.2 Å². The molecule has 0 aliphatic heterocycles. The Morgan fingerprint density at radius 3 is 2.68 bits per heavy atom. The average molecular weight is 338 g/mol. The molecule has 19 heavy (non-hydrogen) atoms. The lowest BCUT2D eigenvalue weighted by Crippen LogP contribution is -2.29. The lowest BCUT2D eigenvalue weighted by molar-refractivity contribution is 0.100. The smallest absolute Gasteiger partial charge is 0.192 e. The molecule has 0 spiro atoms. The van der Waals surface area contributed by atoms with Gasteiger partial charge in [0.05, 0.1) is 15.2 Å². The largest absolute Gasteiger partial charge is 0.364 e. The van der Waals surface area contributed by atoms with E-state index in [0.29, 0.717) is 6.54 Å². The highest BCUT2D eigenvalue weighted by Crippen LogP contribution is 2.23. The highest BCUT2D eigenvalue weighted by molar-refractivity contribution is 9.11. The number of nitrogens with zero attached hydrogens (tertiary/aromatic N) is 1. The summed E-state index contributed by atoms with van der Waals surface area (Å²) in [6.45, 7) is 5.38. The summed E-state index contributed by atoms with van der Waals surface area (Å²) in [5.74, 6) is 0.166. The lowest BCUT2D eigenvalue weighted by atomic mass is 10.2. The van der Waals surface area contributed by atoms with Crippen molar-refractivity contribution in [3.63, 3.8) is 0 Å². The standard InChI is InChI=1S/C15H16BrNOS/c1-3-17(12-6-4-5-11(2)9-12)10-13(18)14-7-8-15(16)19-14/h4-9H,3,10H2,1-2H3. The zero-order valence-corrected chi connectivity index (χ0v) is 13.4. The van der Waals surface area contributed by atoms with Gasteiger partial charge in [0.2, 0.25) is 0 Å². The number of aryl methyl sites for hydroxylation is 1. The van der Waals surface area contributed by atoms with E-state index in [4.69, 9.17) is 0 Å². The molecule has 2 rings (SSSR count). The minimum Gasteiger partial charge on any atom is -0.364 e. The van der Waals surface area contributed by atoms with Crippen molar-refractivity contribution in [2.75, 3.05) is 18.0 Å². The summed E-state index contributed by atoms with van der Waals surface area (Å²) in [5.41, 5.74) is 2.31. The van der Waals surface area contributed by atoms with Crippen molar-refractivity contribution in [2.24, 2.45) is 0 Å². The van der Waals surface area contributed by atoms with Gasteiger partial charge < -0.3 is 4.90 Å². The maximum Gasteiger partial charge on any atom is 0.192 e. The molecule has 1 heterocycles. The second kappa shape index (κ2) is 6.35. The molecule has 0 aliphatic carbocycles. The van der Waals surface area contributed by atoms with E-state index >= 15 is 0 Å².